The van der Waals surface area contributed by atoms with Crippen molar-refractivity contribution in [3.8, 4) is 0 Å². The van der Waals surface area contributed by atoms with Crippen LogP contribution in [0.2, 0.25) is 0 Å². The lowest BCUT2D eigenvalue weighted by Crippen LogP contribution is -2.28. The Hall–Kier alpha value is -2.19. The van der Waals surface area contributed by atoms with Crippen LogP contribution in [-0.4, -0.2) is 30.7 Å². The number of hydrogen-bond acceptors (Lipinski definition) is 4. The van der Waals surface area contributed by atoms with E-state index in [1.54, 1.807) is 23.9 Å². The van der Waals surface area contributed by atoms with E-state index in [-0.39, 0.29) is 17.3 Å². The summed E-state index contributed by atoms with van der Waals surface area (Å²) in [6.07, 6.45) is 0. The van der Waals surface area contributed by atoms with Gasteiger partial charge in [-0.25, -0.2) is 13.1 Å². The number of amides is 1. The molecular weight excluding hydrogens is 340 g/mol. The maximum absolute atomic E-state index is 12.5. The van der Waals surface area contributed by atoms with E-state index in [4.69, 9.17) is 0 Å². The van der Waals surface area contributed by atoms with Crippen molar-refractivity contribution in [2.24, 2.45) is 13.0 Å². The van der Waals surface area contributed by atoms with Gasteiger partial charge in [-0.15, -0.1) is 0 Å². The smallest absolute Gasteiger partial charge is 0.251 e. The van der Waals surface area contributed by atoms with Crippen molar-refractivity contribution >= 4 is 15.9 Å². The number of nitrogens with zero attached hydrogens (tertiary/aromatic N) is 2. The molecule has 136 valence electrons. The minimum absolute atomic E-state index is 0.0589. The van der Waals surface area contributed by atoms with Gasteiger partial charge in [-0.05, 0) is 37.1 Å². The number of aryl methyl sites for hydroxylation is 2. The van der Waals surface area contributed by atoms with Crippen molar-refractivity contribution in [2.45, 2.75) is 32.2 Å². The Morgan fingerprint density at radius 1 is 1.28 bits per heavy atom. The number of rotatable bonds is 7. The first kappa shape index (κ1) is 19.1. The molecule has 1 amide bonds. The third kappa shape index (κ3) is 5.14. The number of benzene rings is 1. The first-order valence-corrected chi connectivity index (χ1v) is 9.55. The largest absolute Gasteiger partial charge is 0.352 e. The van der Waals surface area contributed by atoms with E-state index in [0.29, 0.717) is 18.0 Å². The molecule has 0 fully saturated rings. The normalized spacial score (nSPS) is 11.7. The maximum atomic E-state index is 12.5. The quantitative estimate of drug-likeness (QED) is 0.780. The number of sulfonamides is 1. The summed E-state index contributed by atoms with van der Waals surface area (Å²) in [5, 5.41) is 6.96. The zero-order valence-corrected chi connectivity index (χ0v) is 15.7. The average molecular weight is 364 g/mol. The van der Waals surface area contributed by atoms with E-state index in [1.807, 2.05) is 26.8 Å². The molecule has 1 heterocycles. The Morgan fingerprint density at radius 2 is 2.00 bits per heavy atom. The second-order valence-corrected chi connectivity index (χ2v) is 8.12. The van der Waals surface area contributed by atoms with Crippen LogP contribution in [0, 0.1) is 12.8 Å². The Kier molecular flexibility index (Phi) is 5.97. The molecule has 2 N–H and O–H groups in total. The highest BCUT2D eigenvalue weighted by Crippen LogP contribution is 2.13. The summed E-state index contributed by atoms with van der Waals surface area (Å²) >= 11 is 0. The van der Waals surface area contributed by atoms with Crippen molar-refractivity contribution in [1.29, 1.82) is 0 Å². The number of carbonyl (C=O) groups is 1. The summed E-state index contributed by atoms with van der Waals surface area (Å²) in [7, 11) is -1.96. The fraction of sp³-hybridized carbons (Fsp3) is 0.412. The predicted molar refractivity (Wildman–Crippen MR) is 95.6 cm³/mol. The molecule has 0 unspecified atom stereocenters. The molecule has 25 heavy (non-hydrogen) atoms. The van der Waals surface area contributed by atoms with Gasteiger partial charge in [-0.1, -0.05) is 19.9 Å². The second kappa shape index (κ2) is 7.79. The molecule has 0 spiro atoms. The Balaban J connectivity index is 2.12. The summed E-state index contributed by atoms with van der Waals surface area (Å²) in [6.45, 7) is 6.49. The Bertz CT molecular complexity index is 857. The third-order valence-corrected chi connectivity index (χ3v) is 5.02. The molecule has 0 saturated heterocycles. The van der Waals surface area contributed by atoms with E-state index < -0.39 is 10.0 Å². The van der Waals surface area contributed by atoms with Crippen LogP contribution in [0.3, 0.4) is 0 Å². The minimum Gasteiger partial charge on any atom is -0.352 e. The predicted octanol–water partition coefficient (Wildman–Crippen LogP) is 1.59. The summed E-state index contributed by atoms with van der Waals surface area (Å²) in [5.74, 6) is 0.0351. The molecule has 0 aliphatic carbocycles. The zero-order valence-electron chi connectivity index (χ0n) is 14.9. The monoisotopic (exact) mass is 364 g/mol. The fourth-order valence-corrected chi connectivity index (χ4v) is 3.33. The SMILES string of the molecule is Cc1cc(CNS(=O)(=O)c2cccc(C(=O)NCC(C)C)c2)n(C)n1. The molecule has 1 aromatic carbocycles. The minimum atomic E-state index is -3.72. The lowest BCUT2D eigenvalue weighted by Gasteiger charge is -2.10. The molecule has 1 aromatic heterocycles. The van der Waals surface area contributed by atoms with Gasteiger partial charge in [0, 0.05) is 19.2 Å². The second-order valence-electron chi connectivity index (χ2n) is 6.36. The molecule has 0 saturated carbocycles. The standard InChI is InChI=1S/C17H24N4O3S/c1-12(2)10-18-17(22)14-6-5-7-16(9-14)25(23,24)19-11-15-8-13(3)20-21(15)4/h5-9,12,19H,10-11H2,1-4H3,(H,18,22). The van der Waals surface area contributed by atoms with Gasteiger partial charge in [0.2, 0.25) is 10.0 Å². The van der Waals surface area contributed by atoms with Crippen LogP contribution in [0.1, 0.15) is 35.6 Å². The molecular formula is C17H24N4O3S. The first-order valence-electron chi connectivity index (χ1n) is 8.06. The highest BCUT2D eigenvalue weighted by Gasteiger charge is 2.17. The van der Waals surface area contributed by atoms with Gasteiger partial charge in [-0.2, -0.15) is 5.10 Å². The van der Waals surface area contributed by atoms with Gasteiger partial charge in [0.15, 0.2) is 0 Å². The molecule has 0 aliphatic rings. The summed E-state index contributed by atoms with van der Waals surface area (Å²) in [5.41, 5.74) is 1.90. The van der Waals surface area contributed by atoms with Crippen LogP contribution in [0.4, 0.5) is 0 Å². The van der Waals surface area contributed by atoms with E-state index >= 15 is 0 Å². The van der Waals surface area contributed by atoms with Crippen molar-refractivity contribution in [3.05, 3.63) is 47.3 Å². The fourth-order valence-electron chi connectivity index (χ4n) is 2.29. The number of carbonyl (C=O) groups excluding carboxylic acids is 1. The Morgan fingerprint density at radius 3 is 2.60 bits per heavy atom. The lowest BCUT2D eigenvalue weighted by molar-refractivity contribution is 0.0949. The number of aromatic nitrogens is 2. The molecule has 0 bridgehead atoms. The number of hydrogen-bond donors (Lipinski definition) is 2. The molecule has 7 nitrogen and oxygen atoms in total. The van der Waals surface area contributed by atoms with Gasteiger partial charge in [-0.3, -0.25) is 9.48 Å². The van der Waals surface area contributed by atoms with Gasteiger partial charge in [0.05, 0.1) is 22.8 Å². The van der Waals surface area contributed by atoms with Crippen molar-refractivity contribution in [2.75, 3.05) is 6.54 Å². The van der Waals surface area contributed by atoms with E-state index in [2.05, 4.69) is 15.1 Å². The maximum Gasteiger partial charge on any atom is 0.251 e. The number of nitrogens with one attached hydrogen (secondary N) is 2. The van der Waals surface area contributed by atoms with Crippen LogP contribution < -0.4 is 10.0 Å². The van der Waals surface area contributed by atoms with Gasteiger partial charge < -0.3 is 5.32 Å². The van der Waals surface area contributed by atoms with Crippen LogP contribution in [0.25, 0.3) is 0 Å². The molecule has 0 aliphatic heterocycles. The van der Waals surface area contributed by atoms with E-state index in [0.717, 1.165) is 11.4 Å². The summed E-state index contributed by atoms with van der Waals surface area (Å²) < 4.78 is 29.2. The third-order valence-electron chi connectivity index (χ3n) is 3.62. The van der Waals surface area contributed by atoms with E-state index in [9.17, 15) is 13.2 Å². The molecule has 8 heteroatoms. The van der Waals surface area contributed by atoms with E-state index in [1.165, 1.54) is 12.1 Å². The molecule has 2 rings (SSSR count). The van der Waals surface area contributed by atoms with Crippen LogP contribution in [0.15, 0.2) is 35.2 Å². The van der Waals surface area contributed by atoms with Gasteiger partial charge in [0.25, 0.3) is 5.91 Å². The topological polar surface area (TPSA) is 93.1 Å². The van der Waals surface area contributed by atoms with Crippen molar-refractivity contribution in [3.63, 3.8) is 0 Å². The molecule has 0 atom stereocenters. The summed E-state index contributed by atoms with van der Waals surface area (Å²) in [4.78, 5) is 12.2. The van der Waals surface area contributed by atoms with Crippen LogP contribution >= 0.6 is 0 Å². The lowest BCUT2D eigenvalue weighted by atomic mass is 10.2. The Labute approximate surface area is 148 Å². The van der Waals surface area contributed by atoms with Crippen LogP contribution in [-0.2, 0) is 23.6 Å². The van der Waals surface area contributed by atoms with Gasteiger partial charge >= 0.3 is 0 Å². The molecule has 2 aromatic rings. The zero-order chi connectivity index (χ0) is 18.6. The first-order chi connectivity index (χ1) is 11.7. The summed E-state index contributed by atoms with van der Waals surface area (Å²) in [6, 6.07) is 7.83. The highest BCUT2D eigenvalue weighted by atomic mass is 32.2. The average Bonchev–Trinajstić information content (AvgIpc) is 2.88. The van der Waals surface area contributed by atoms with Gasteiger partial charge in [0.1, 0.15) is 0 Å². The van der Waals surface area contributed by atoms with Crippen molar-refractivity contribution in [1.82, 2.24) is 19.8 Å². The molecule has 0 radical (unpaired) electrons. The van der Waals surface area contributed by atoms with Crippen molar-refractivity contribution < 1.29 is 13.2 Å². The van der Waals surface area contributed by atoms with Crippen LogP contribution in [0.5, 0.6) is 0 Å². The highest BCUT2D eigenvalue weighted by molar-refractivity contribution is 7.89.